The summed E-state index contributed by atoms with van der Waals surface area (Å²) in [5.41, 5.74) is 1.61. The number of hydrogen-bond acceptors (Lipinski definition) is 7. The Hall–Kier alpha value is -3.23. The first-order valence-electron chi connectivity index (χ1n) is 8.37. The second kappa shape index (κ2) is 7.34. The van der Waals surface area contributed by atoms with E-state index < -0.39 is 16.9 Å². The zero-order valence-corrected chi connectivity index (χ0v) is 14.5. The minimum atomic E-state index is -0.644. The van der Waals surface area contributed by atoms with Gasteiger partial charge in [-0.3, -0.25) is 10.1 Å². The average molecular weight is 357 g/mol. The van der Waals surface area contributed by atoms with Crippen molar-refractivity contribution in [2.24, 2.45) is 0 Å². The molecule has 1 aliphatic heterocycles. The number of nitrogens with one attached hydrogen (secondary N) is 1. The maximum atomic E-state index is 12.7. The molecule has 1 aromatic carbocycles. The lowest BCUT2D eigenvalue weighted by atomic mass is 9.93. The fourth-order valence-electron chi connectivity index (χ4n) is 3.03. The maximum Gasteiger partial charge on any atom is 0.338 e. The van der Waals surface area contributed by atoms with Gasteiger partial charge in [0.2, 0.25) is 5.95 Å². The third-order valence-electron chi connectivity index (χ3n) is 4.07. The van der Waals surface area contributed by atoms with E-state index in [0.717, 1.165) is 6.42 Å². The number of nitrogens with zero attached hydrogens (tertiary/aromatic N) is 4. The van der Waals surface area contributed by atoms with Crippen molar-refractivity contribution < 1.29 is 14.5 Å². The van der Waals surface area contributed by atoms with E-state index in [1.54, 1.807) is 23.7 Å². The third kappa shape index (κ3) is 3.15. The number of nitro groups is 1. The summed E-state index contributed by atoms with van der Waals surface area (Å²) < 4.78 is 6.79. The van der Waals surface area contributed by atoms with Crippen molar-refractivity contribution in [3.05, 3.63) is 57.5 Å². The Balaban J connectivity index is 2.19. The Bertz CT molecular complexity index is 874. The minimum absolute atomic E-state index is 0.0528. The molecule has 0 unspecified atom stereocenters. The summed E-state index contributed by atoms with van der Waals surface area (Å²) in [5, 5.41) is 18.5. The minimum Gasteiger partial charge on any atom is -0.463 e. The Morgan fingerprint density at radius 2 is 2.23 bits per heavy atom. The number of fused-ring (bicyclic) bond motifs is 1. The van der Waals surface area contributed by atoms with Gasteiger partial charge in [-0.25, -0.2) is 9.48 Å². The first kappa shape index (κ1) is 17.6. The highest BCUT2D eigenvalue weighted by molar-refractivity contribution is 5.92. The molecule has 1 N–H and O–H groups in total. The van der Waals surface area contributed by atoms with Gasteiger partial charge in [-0.2, -0.15) is 10.1 Å². The standard InChI is InChI=1S/C17H19N5O4/c1-3-6-13-14(16(23)26-4-2)15(21-17(20-13)18-10-19-21)11-7-5-8-12(9-11)22(24)25/h5,7-10,15H,3-4,6H2,1-2H3,(H,18,19,20)/t15-/m1/s1. The predicted molar refractivity (Wildman–Crippen MR) is 93.4 cm³/mol. The highest BCUT2D eigenvalue weighted by atomic mass is 16.6. The molecule has 0 bridgehead atoms. The first-order valence-corrected chi connectivity index (χ1v) is 8.37. The second-order valence-corrected chi connectivity index (χ2v) is 5.77. The van der Waals surface area contributed by atoms with Crippen molar-refractivity contribution in [2.75, 3.05) is 11.9 Å². The maximum absolute atomic E-state index is 12.7. The number of nitro benzene ring substituents is 1. The van der Waals surface area contributed by atoms with Crippen molar-refractivity contribution in [3.63, 3.8) is 0 Å². The zero-order valence-electron chi connectivity index (χ0n) is 14.5. The topological polar surface area (TPSA) is 112 Å². The lowest BCUT2D eigenvalue weighted by molar-refractivity contribution is -0.384. The van der Waals surface area contributed by atoms with Crippen LogP contribution in [0.15, 0.2) is 41.9 Å². The summed E-state index contributed by atoms with van der Waals surface area (Å²) in [7, 11) is 0. The Morgan fingerprint density at radius 1 is 1.42 bits per heavy atom. The van der Waals surface area contributed by atoms with Gasteiger partial charge in [0.05, 0.1) is 17.1 Å². The number of allylic oxidation sites excluding steroid dienone is 1. The van der Waals surface area contributed by atoms with E-state index in [1.165, 1.54) is 18.5 Å². The molecular weight excluding hydrogens is 338 g/mol. The molecule has 9 nitrogen and oxygen atoms in total. The molecule has 0 fully saturated rings. The van der Waals surface area contributed by atoms with Crippen LogP contribution in [0.5, 0.6) is 0 Å². The number of aromatic nitrogens is 3. The van der Waals surface area contributed by atoms with Crippen LogP contribution >= 0.6 is 0 Å². The Morgan fingerprint density at radius 3 is 2.92 bits per heavy atom. The lowest BCUT2D eigenvalue weighted by Gasteiger charge is -2.29. The van der Waals surface area contributed by atoms with E-state index in [2.05, 4.69) is 15.4 Å². The van der Waals surface area contributed by atoms with Gasteiger partial charge in [-0.1, -0.05) is 25.5 Å². The molecule has 2 heterocycles. The van der Waals surface area contributed by atoms with Gasteiger partial charge >= 0.3 is 5.97 Å². The molecule has 3 rings (SSSR count). The number of non-ortho nitro benzene ring substituents is 1. The van der Waals surface area contributed by atoms with Gasteiger partial charge < -0.3 is 10.1 Å². The van der Waals surface area contributed by atoms with Crippen LogP contribution in [0.25, 0.3) is 0 Å². The molecule has 1 atom stereocenters. The van der Waals surface area contributed by atoms with E-state index in [0.29, 0.717) is 29.2 Å². The molecule has 26 heavy (non-hydrogen) atoms. The van der Waals surface area contributed by atoms with Gasteiger partial charge in [0.1, 0.15) is 12.4 Å². The number of benzene rings is 1. The van der Waals surface area contributed by atoms with E-state index in [9.17, 15) is 14.9 Å². The number of carbonyl (C=O) groups excluding carboxylic acids is 1. The van der Waals surface area contributed by atoms with E-state index >= 15 is 0 Å². The quantitative estimate of drug-likeness (QED) is 0.480. The smallest absolute Gasteiger partial charge is 0.338 e. The summed E-state index contributed by atoms with van der Waals surface area (Å²) >= 11 is 0. The van der Waals surface area contributed by atoms with Crippen LogP contribution in [-0.4, -0.2) is 32.3 Å². The Kier molecular flexibility index (Phi) is 4.97. The summed E-state index contributed by atoms with van der Waals surface area (Å²) in [6.45, 7) is 3.96. The summed E-state index contributed by atoms with van der Waals surface area (Å²) in [5.74, 6) is 0.0131. The molecule has 1 aromatic heterocycles. The highest BCUT2D eigenvalue weighted by Crippen LogP contribution is 2.37. The largest absolute Gasteiger partial charge is 0.463 e. The first-order chi connectivity index (χ1) is 12.6. The molecule has 0 radical (unpaired) electrons. The molecule has 0 aliphatic carbocycles. The molecule has 0 amide bonds. The van der Waals surface area contributed by atoms with Crippen LogP contribution in [0.4, 0.5) is 11.6 Å². The fraction of sp³-hybridized carbons (Fsp3) is 0.353. The van der Waals surface area contributed by atoms with Crippen LogP contribution in [0.2, 0.25) is 0 Å². The fourth-order valence-corrected chi connectivity index (χ4v) is 3.03. The number of rotatable bonds is 6. The molecule has 0 saturated heterocycles. The van der Waals surface area contributed by atoms with Gasteiger partial charge in [0, 0.05) is 17.8 Å². The number of esters is 1. The molecule has 1 aliphatic rings. The van der Waals surface area contributed by atoms with E-state index in [4.69, 9.17) is 4.74 Å². The monoisotopic (exact) mass is 357 g/mol. The van der Waals surface area contributed by atoms with Gasteiger partial charge in [0.15, 0.2) is 0 Å². The van der Waals surface area contributed by atoms with Crippen LogP contribution in [0.3, 0.4) is 0 Å². The van der Waals surface area contributed by atoms with Crippen molar-refractivity contribution in [1.29, 1.82) is 0 Å². The summed E-state index contributed by atoms with van der Waals surface area (Å²) in [6, 6.07) is 5.54. The SMILES string of the molecule is CCCC1=C(C(=O)OCC)[C@@H](c2cccc([N+](=O)[O-])c2)n2ncnc2N1. The zero-order chi connectivity index (χ0) is 18.7. The van der Waals surface area contributed by atoms with Gasteiger partial charge in [-0.05, 0) is 18.9 Å². The predicted octanol–water partition coefficient (Wildman–Crippen LogP) is 2.82. The number of ether oxygens (including phenoxy) is 1. The number of anilines is 1. The van der Waals surface area contributed by atoms with Gasteiger partial charge in [-0.15, -0.1) is 0 Å². The van der Waals surface area contributed by atoms with E-state index in [1.807, 2.05) is 6.92 Å². The Labute approximate surface area is 149 Å². The number of hydrogen-bond donors (Lipinski definition) is 1. The average Bonchev–Trinajstić information content (AvgIpc) is 3.09. The normalized spacial score (nSPS) is 16.0. The molecule has 0 spiro atoms. The molecular formula is C17H19N5O4. The van der Waals surface area contributed by atoms with Crippen molar-refractivity contribution >= 4 is 17.6 Å². The third-order valence-corrected chi connectivity index (χ3v) is 4.07. The second-order valence-electron chi connectivity index (χ2n) is 5.77. The van der Waals surface area contributed by atoms with Crippen LogP contribution in [-0.2, 0) is 9.53 Å². The molecule has 9 heteroatoms. The number of carbonyl (C=O) groups is 1. The highest BCUT2D eigenvalue weighted by Gasteiger charge is 2.35. The molecule has 0 saturated carbocycles. The van der Waals surface area contributed by atoms with Crippen molar-refractivity contribution in [1.82, 2.24) is 14.8 Å². The van der Waals surface area contributed by atoms with Crippen LogP contribution in [0.1, 0.15) is 38.3 Å². The van der Waals surface area contributed by atoms with Crippen molar-refractivity contribution in [2.45, 2.75) is 32.7 Å². The summed E-state index contributed by atoms with van der Waals surface area (Å²) in [4.78, 5) is 27.6. The lowest BCUT2D eigenvalue weighted by Crippen LogP contribution is -2.30. The van der Waals surface area contributed by atoms with Crippen LogP contribution < -0.4 is 5.32 Å². The van der Waals surface area contributed by atoms with E-state index in [-0.39, 0.29) is 12.3 Å². The van der Waals surface area contributed by atoms with Crippen LogP contribution in [0, 0.1) is 10.1 Å². The van der Waals surface area contributed by atoms with Gasteiger partial charge in [0.25, 0.3) is 5.69 Å². The van der Waals surface area contributed by atoms with Crippen molar-refractivity contribution in [3.8, 4) is 0 Å². The summed E-state index contributed by atoms with van der Waals surface area (Å²) in [6.07, 6.45) is 2.80. The molecule has 2 aromatic rings. The molecule has 136 valence electrons.